The summed E-state index contributed by atoms with van der Waals surface area (Å²) in [6.07, 6.45) is 9.77. The fourth-order valence-corrected chi connectivity index (χ4v) is 4.16. The van der Waals surface area contributed by atoms with E-state index < -0.39 is 0 Å². The molecule has 1 fully saturated rings. The first-order valence-corrected chi connectivity index (χ1v) is 8.94. The molecule has 1 aliphatic rings. The van der Waals surface area contributed by atoms with Crippen molar-refractivity contribution in [2.24, 2.45) is 11.8 Å². The molecule has 1 aliphatic carbocycles. The molecule has 0 aromatic heterocycles. The summed E-state index contributed by atoms with van der Waals surface area (Å²) in [4.78, 5) is 0.500. The van der Waals surface area contributed by atoms with Crippen LogP contribution in [0.1, 0.15) is 62.3 Å². The zero-order valence-electron chi connectivity index (χ0n) is 12.8. The molecule has 0 aliphatic heterocycles. The Morgan fingerprint density at radius 2 is 1.80 bits per heavy atom. The van der Waals surface area contributed by atoms with E-state index in [2.05, 4.69) is 47.1 Å². The second-order valence-corrected chi connectivity index (χ2v) is 7.08. The molecular formula is C18H27BrO. The normalized spacial score (nSPS) is 24.4. The summed E-state index contributed by atoms with van der Waals surface area (Å²) in [6.45, 7) is 2.30. The van der Waals surface area contributed by atoms with E-state index in [1.807, 2.05) is 0 Å². The minimum atomic E-state index is 0.500. The highest BCUT2D eigenvalue weighted by Gasteiger charge is 2.26. The van der Waals surface area contributed by atoms with Crippen LogP contribution in [0.2, 0.25) is 0 Å². The van der Waals surface area contributed by atoms with Gasteiger partial charge in [-0.15, -0.1) is 0 Å². The zero-order chi connectivity index (χ0) is 14.4. The van der Waals surface area contributed by atoms with Crippen molar-refractivity contribution in [2.75, 3.05) is 7.11 Å². The number of rotatable bonds is 6. The standard InChI is InChI=1S/C18H27BrO/c1-3-4-5-14-6-8-15(9-7-14)18(19)16-10-12-17(20-2)13-11-16/h10-15,18H,3-9H2,1-2H3. The van der Waals surface area contributed by atoms with Crippen molar-refractivity contribution in [3.8, 4) is 5.75 Å². The van der Waals surface area contributed by atoms with Gasteiger partial charge in [0, 0.05) is 4.83 Å². The van der Waals surface area contributed by atoms with Crippen molar-refractivity contribution < 1.29 is 4.74 Å². The summed E-state index contributed by atoms with van der Waals surface area (Å²) >= 11 is 3.93. The Kier molecular flexibility index (Phi) is 6.41. The molecule has 1 aromatic rings. The van der Waals surface area contributed by atoms with E-state index in [-0.39, 0.29) is 0 Å². The van der Waals surface area contributed by atoms with Crippen molar-refractivity contribution in [3.05, 3.63) is 29.8 Å². The lowest BCUT2D eigenvalue weighted by molar-refractivity contribution is 0.257. The maximum absolute atomic E-state index is 5.23. The largest absolute Gasteiger partial charge is 0.497 e. The molecule has 0 amide bonds. The van der Waals surface area contributed by atoms with Crippen molar-refractivity contribution >= 4 is 15.9 Å². The fourth-order valence-electron chi connectivity index (χ4n) is 3.32. The van der Waals surface area contributed by atoms with Crippen molar-refractivity contribution in [2.45, 2.75) is 56.7 Å². The molecule has 0 radical (unpaired) electrons. The smallest absolute Gasteiger partial charge is 0.118 e. The molecule has 2 heteroatoms. The topological polar surface area (TPSA) is 9.23 Å². The number of benzene rings is 1. The van der Waals surface area contributed by atoms with Crippen LogP contribution in [0.25, 0.3) is 0 Å². The van der Waals surface area contributed by atoms with Gasteiger partial charge in [0.1, 0.15) is 5.75 Å². The predicted molar refractivity (Wildman–Crippen MR) is 89.6 cm³/mol. The Morgan fingerprint density at radius 3 is 2.35 bits per heavy atom. The minimum Gasteiger partial charge on any atom is -0.497 e. The van der Waals surface area contributed by atoms with Gasteiger partial charge in [-0.05, 0) is 42.4 Å². The van der Waals surface area contributed by atoms with Gasteiger partial charge in [-0.25, -0.2) is 0 Å². The highest BCUT2D eigenvalue weighted by Crippen LogP contribution is 2.42. The molecule has 0 N–H and O–H groups in total. The van der Waals surface area contributed by atoms with Crippen LogP contribution in [0.15, 0.2) is 24.3 Å². The van der Waals surface area contributed by atoms with E-state index >= 15 is 0 Å². The molecule has 20 heavy (non-hydrogen) atoms. The minimum absolute atomic E-state index is 0.500. The van der Waals surface area contributed by atoms with E-state index in [0.29, 0.717) is 4.83 Å². The first kappa shape index (κ1) is 15.9. The van der Waals surface area contributed by atoms with Crippen LogP contribution in [0, 0.1) is 11.8 Å². The van der Waals surface area contributed by atoms with Gasteiger partial charge in [0.05, 0.1) is 7.11 Å². The van der Waals surface area contributed by atoms with Crippen LogP contribution in [-0.2, 0) is 0 Å². The summed E-state index contributed by atoms with van der Waals surface area (Å²) in [5.41, 5.74) is 1.39. The van der Waals surface area contributed by atoms with Gasteiger partial charge >= 0.3 is 0 Å². The SMILES string of the molecule is CCCCC1CCC(C(Br)c2ccc(OC)cc2)CC1. The summed E-state index contributed by atoms with van der Waals surface area (Å²) in [7, 11) is 1.72. The second-order valence-electron chi connectivity index (χ2n) is 6.10. The van der Waals surface area contributed by atoms with E-state index in [1.165, 1.54) is 50.5 Å². The lowest BCUT2D eigenvalue weighted by Crippen LogP contribution is -2.18. The lowest BCUT2D eigenvalue weighted by Gasteiger charge is -2.31. The highest BCUT2D eigenvalue weighted by molar-refractivity contribution is 9.09. The molecule has 0 saturated heterocycles. The number of halogens is 1. The number of ether oxygens (including phenoxy) is 1. The maximum Gasteiger partial charge on any atom is 0.118 e. The third-order valence-electron chi connectivity index (χ3n) is 4.71. The Hall–Kier alpha value is -0.500. The van der Waals surface area contributed by atoms with Gasteiger partial charge in [0.25, 0.3) is 0 Å². The highest BCUT2D eigenvalue weighted by atomic mass is 79.9. The Morgan fingerprint density at radius 1 is 1.15 bits per heavy atom. The quantitative estimate of drug-likeness (QED) is 0.567. The van der Waals surface area contributed by atoms with Crippen LogP contribution in [0.3, 0.4) is 0 Å². The third-order valence-corrected chi connectivity index (χ3v) is 5.98. The average Bonchev–Trinajstić information content (AvgIpc) is 2.53. The Balaban J connectivity index is 1.85. The molecule has 0 spiro atoms. The van der Waals surface area contributed by atoms with Crippen molar-refractivity contribution in [3.63, 3.8) is 0 Å². The van der Waals surface area contributed by atoms with Crippen LogP contribution in [0.4, 0.5) is 0 Å². The van der Waals surface area contributed by atoms with Crippen LogP contribution in [-0.4, -0.2) is 7.11 Å². The Labute approximate surface area is 132 Å². The fraction of sp³-hybridized carbons (Fsp3) is 0.667. The number of hydrogen-bond acceptors (Lipinski definition) is 1. The molecule has 0 heterocycles. The van der Waals surface area contributed by atoms with Crippen LogP contribution in [0.5, 0.6) is 5.75 Å². The number of unbranched alkanes of at least 4 members (excludes halogenated alkanes) is 1. The van der Waals surface area contributed by atoms with Gasteiger partial charge in [-0.2, -0.15) is 0 Å². The first-order chi connectivity index (χ1) is 9.74. The van der Waals surface area contributed by atoms with E-state index in [4.69, 9.17) is 4.74 Å². The van der Waals surface area contributed by atoms with Crippen molar-refractivity contribution in [1.82, 2.24) is 0 Å². The Bertz CT molecular complexity index is 379. The number of methoxy groups -OCH3 is 1. The van der Waals surface area contributed by atoms with Gasteiger partial charge in [-0.3, -0.25) is 0 Å². The molecule has 1 aromatic carbocycles. The van der Waals surface area contributed by atoms with Crippen molar-refractivity contribution in [1.29, 1.82) is 0 Å². The molecule has 2 rings (SSSR count). The third kappa shape index (κ3) is 4.25. The zero-order valence-corrected chi connectivity index (χ0v) is 14.4. The van der Waals surface area contributed by atoms with Gasteiger partial charge in [0.2, 0.25) is 0 Å². The monoisotopic (exact) mass is 338 g/mol. The summed E-state index contributed by atoms with van der Waals surface area (Å²) < 4.78 is 5.23. The molecule has 1 atom stereocenters. The lowest BCUT2D eigenvalue weighted by atomic mass is 9.77. The van der Waals surface area contributed by atoms with E-state index in [9.17, 15) is 0 Å². The van der Waals surface area contributed by atoms with E-state index in [0.717, 1.165) is 17.6 Å². The van der Waals surface area contributed by atoms with Gasteiger partial charge < -0.3 is 4.74 Å². The molecular weight excluding hydrogens is 312 g/mol. The molecule has 112 valence electrons. The second kappa shape index (κ2) is 8.07. The number of hydrogen-bond donors (Lipinski definition) is 0. The van der Waals surface area contributed by atoms with Gasteiger partial charge in [-0.1, -0.05) is 67.1 Å². The van der Waals surface area contributed by atoms with Crippen LogP contribution < -0.4 is 4.74 Å². The summed E-state index contributed by atoms with van der Waals surface area (Å²) in [5, 5.41) is 0. The molecule has 1 saturated carbocycles. The first-order valence-electron chi connectivity index (χ1n) is 8.02. The molecule has 0 bridgehead atoms. The van der Waals surface area contributed by atoms with Gasteiger partial charge in [0.15, 0.2) is 0 Å². The number of alkyl halides is 1. The van der Waals surface area contributed by atoms with E-state index in [1.54, 1.807) is 7.11 Å². The molecule has 1 nitrogen and oxygen atoms in total. The molecule has 1 unspecified atom stereocenters. The average molecular weight is 339 g/mol. The summed E-state index contributed by atoms with van der Waals surface area (Å²) in [6, 6.07) is 8.52. The van der Waals surface area contributed by atoms with Crippen LogP contribution >= 0.6 is 15.9 Å². The summed E-state index contributed by atoms with van der Waals surface area (Å²) in [5.74, 6) is 2.72. The maximum atomic E-state index is 5.23. The predicted octanol–water partition coefficient (Wildman–Crippen LogP) is 6.13.